The highest BCUT2D eigenvalue weighted by Gasteiger charge is 2.33. The smallest absolute Gasteiger partial charge is 0.414 e. The molecule has 1 aromatic heterocycles. The number of cyclic esters (lactones) is 1. The van der Waals surface area contributed by atoms with Crippen molar-refractivity contribution in [2.24, 2.45) is 0 Å². The molecule has 12 heteroatoms. The lowest BCUT2D eigenvalue weighted by atomic mass is 10.1. The summed E-state index contributed by atoms with van der Waals surface area (Å²) in [5, 5.41) is 18.4. The van der Waals surface area contributed by atoms with Crippen LogP contribution in [0.5, 0.6) is 0 Å². The zero-order valence-corrected chi connectivity index (χ0v) is 18.9. The van der Waals surface area contributed by atoms with Crippen molar-refractivity contribution in [2.75, 3.05) is 42.5 Å². The number of non-ortho nitro benzene ring substituents is 1. The molecule has 2 aromatic carbocycles. The number of nitro groups is 1. The van der Waals surface area contributed by atoms with Gasteiger partial charge >= 0.3 is 6.09 Å². The molecule has 3 heterocycles. The molecule has 11 nitrogen and oxygen atoms in total. The maximum atomic E-state index is 15.1. The maximum Gasteiger partial charge on any atom is 0.414 e. The average molecular weight is 481 g/mol. The number of aromatic nitrogens is 3. The Bertz CT molecular complexity index is 1200. The average Bonchev–Trinajstić information content (AvgIpc) is 3.49. The molecule has 0 saturated carbocycles. The van der Waals surface area contributed by atoms with E-state index in [0.717, 1.165) is 18.7 Å². The number of hydrogen-bond acceptors (Lipinski definition) is 8. The van der Waals surface area contributed by atoms with Crippen molar-refractivity contribution in [2.45, 2.75) is 19.2 Å². The van der Waals surface area contributed by atoms with Crippen molar-refractivity contribution < 1.29 is 18.8 Å². The van der Waals surface area contributed by atoms with Gasteiger partial charge in [-0.1, -0.05) is 17.3 Å². The van der Waals surface area contributed by atoms with Gasteiger partial charge in [0.1, 0.15) is 11.9 Å². The van der Waals surface area contributed by atoms with Gasteiger partial charge in [-0.15, -0.1) is 5.10 Å². The molecule has 2 aliphatic heterocycles. The van der Waals surface area contributed by atoms with Crippen molar-refractivity contribution in [1.82, 2.24) is 19.9 Å². The van der Waals surface area contributed by atoms with E-state index in [1.165, 1.54) is 23.1 Å². The summed E-state index contributed by atoms with van der Waals surface area (Å²) >= 11 is 0. The highest BCUT2D eigenvalue weighted by atomic mass is 19.1. The molecule has 2 aliphatic rings. The van der Waals surface area contributed by atoms with E-state index < -0.39 is 17.1 Å². The van der Waals surface area contributed by atoms with E-state index in [2.05, 4.69) is 15.2 Å². The van der Waals surface area contributed by atoms with Gasteiger partial charge < -0.3 is 9.64 Å². The Morgan fingerprint density at radius 2 is 1.89 bits per heavy atom. The topological polar surface area (TPSA) is 110 Å². The molecule has 182 valence electrons. The van der Waals surface area contributed by atoms with Crippen molar-refractivity contribution in [3.05, 3.63) is 76.4 Å². The van der Waals surface area contributed by atoms with Gasteiger partial charge in [-0.2, -0.15) is 0 Å². The fourth-order valence-electron chi connectivity index (χ4n) is 4.41. The molecule has 0 spiro atoms. The second kappa shape index (κ2) is 9.66. The van der Waals surface area contributed by atoms with Crippen LogP contribution in [0.15, 0.2) is 54.9 Å². The molecule has 1 atom stereocenters. The van der Waals surface area contributed by atoms with Gasteiger partial charge in [-0.3, -0.25) is 19.9 Å². The van der Waals surface area contributed by atoms with Crippen LogP contribution in [0, 0.1) is 15.9 Å². The second-order valence-corrected chi connectivity index (χ2v) is 8.56. The number of anilines is 2. The van der Waals surface area contributed by atoms with Gasteiger partial charge in [-0.05, 0) is 23.8 Å². The van der Waals surface area contributed by atoms with Crippen LogP contribution in [0.4, 0.5) is 26.2 Å². The number of rotatable bonds is 7. The van der Waals surface area contributed by atoms with Gasteiger partial charge in [0.25, 0.3) is 5.69 Å². The molecular formula is C23H24FN7O4. The Labute approximate surface area is 200 Å². The van der Waals surface area contributed by atoms with Crippen LogP contribution >= 0.6 is 0 Å². The molecule has 5 rings (SSSR count). The summed E-state index contributed by atoms with van der Waals surface area (Å²) in [6.45, 7) is 4.14. The summed E-state index contributed by atoms with van der Waals surface area (Å²) in [5.41, 5.74) is 2.02. The fourth-order valence-corrected chi connectivity index (χ4v) is 4.41. The minimum Gasteiger partial charge on any atom is -0.442 e. The van der Waals surface area contributed by atoms with Gasteiger partial charge in [0, 0.05) is 51.1 Å². The van der Waals surface area contributed by atoms with Crippen molar-refractivity contribution >= 4 is 23.2 Å². The minimum atomic E-state index is -0.512. The van der Waals surface area contributed by atoms with Crippen LogP contribution in [-0.4, -0.2) is 69.7 Å². The maximum absolute atomic E-state index is 15.1. The SMILES string of the molecule is O=C1O[C@@H](Cn2ccnn2)CN1c1ccc(N2CCN(Cc3ccc([N+](=O)[O-])cc3)CC2)c(F)c1. The first-order valence-corrected chi connectivity index (χ1v) is 11.3. The highest BCUT2D eigenvalue weighted by molar-refractivity contribution is 5.90. The number of benzene rings is 2. The van der Waals surface area contributed by atoms with E-state index >= 15 is 4.39 Å². The Morgan fingerprint density at radius 1 is 1.11 bits per heavy atom. The molecule has 0 radical (unpaired) electrons. The third kappa shape index (κ3) is 5.06. The molecule has 2 fully saturated rings. The molecule has 0 bridgehead atoms. The molecule has 0 unspecified atom stereocenters. The summed E-state index contributed by atoms with van der Waals surface area (Å²) < 4.78 is 22.0. The largest absolute Gasteiger partial charge is 0.442 e. The second-order valence-electron chi connectivity index (χ2n) is 8.56. The number of ether oxygens (including phenoxy) is 1. The lowest BCUT2D eigenvalue weighted by Gasteiger charge is -2.36. The molecule has 1 amide bonds. The highest BCUT2D eigenvalue weighted by Crippen LogP contribution is 2.29. The number of hydrogen-bond donors (Lipinski definition) is 0. The van der Waals surface area contributed by atoms with E-state index in [1.807, 2.05) is 4.90 Å². The van der Waals surface area contributed by atoms with Crippen molar-refractivity contribution in [3.8, 4) is 0 Å². The van der Waals surface area contributed by atoms with Gasteiger partial charge in [0.15, 0.2) is 0 Å². The third-order valence-electron chi connectivity index (χ3n) is 6.25. The Kier molecular flexibility index (Phi) is 6.27. The Hall–Kier alpha value is -4.06. The minimum absolute atomic E-state index is 0.0745. The number of carbonyl (C=O) groups is 1. The lowest BCUT2D eigenvalue weighted by Crippen LogP contribution is -2.46. The lowest BCUT2D eigenvalue weighted by molar-refractivity contribution is -0.384. The van der Waals surface area contributed by atoms with Crippen LogP contribution in [0.3, 0.4) is 0 Å². The van der Waals surface area contributed by atoms with Crippen LogP contribution in [0.1, 0.15) is 5.56 Å². The summed E-state index contributed by atoms with van der Waals surface area (Å²) in [5.74, 6) is -0.390. The number of halogens is 1. The van der Waals surface area contributed by atoms with E-state index in [-0.39, 0.29) is 11.5 Å². The zero-order valence-electron chi connectivity index (χ0n) is 18.9. The van der Waals surface area contributed by atoms with Gasteiger partial charge in [0.05, 0.1) is 35.6 Å². The molecular weight excluding hydrogens is 457 g/mol. The third-order valence-corrected chi connectivity index (χ3v) is 6.25. The number of nitro benzene ring substituents is 1. The predicted molar refractivity (Wildman–Crippen MR) is 125 cm³/mol. The van der Waals surface area contributed by atoms with Crippen molar-refractivity contribution in [1.29, 1.82) is 0 Å². The molecule has 0 aliphatic carbocycles. The fraction of sp³-hybridized carbons (Fsp3) is 0.348. The Morgan fingerprint density at radius 3 is 2.54 bits per heavy atom. The van der Waals surface area contributed by atoms with E-state index in [0.29, 0.717) is 44.1 Å². The van der Waals surface area contributed by atoms with E-state index in [9.17, 15) is 14.9 Å². The normalized spacial score (nSPS) is 18.7. The van der Waals surface area contributed by atoms with Crippen LogP contribution < -0.4 is 9.80 Å². The Balaban J connectivity index is 1.17. The quantitative estimate of drug-likeness (QED) is 0.374. The number of amides is 1. The first kappa shape index (κ1) is 22.7. The van der Waals surface area contributed by atoms with Gasteiger partial charge in [0.2, 0.25) is 0 Å². The first-order valence-electron chi connectivity index (χ1n) is 11.3. The van der Waals surface area contributed by atoms with Crippen LogP contribution in [-0.2, 0) is 17.8 Å². The van der Waals surface area contributed by atoms with Gasteiger partial charge in [-0.25, -0.2) is 13.9 Å². The van der Waals surface area contributed by atoms with Crippen LogP contribution in [0.2, 0.25) is 0 Å². The first-order chi connectivity index (χ1) is 17.0. The predicted octanol–water partition coefficient (Wildman–Crippen LogP) is 2.67. The summed E-state index contributed by atoms with van der Waals surface area (Å²) in [4.78, 5) is 28.4. The van der Waals surface area contributed by atoms with E-state index in [4.69, 9.17) is 4.74 Å². The van der Waals surface area contributed by atoms with Crippen LogP contribution in [0.25, 0.3) is 0 Å². The number of piperazine rings is 1. The standard InChI is InChI=1S/C23H24FN7O4/c24-21-13-19(30-16-20(35-23(30)32)15-29-8-7-25-26-29)5-6-22(21)28-11-9-27(10-12-28)14-17-1-3-18(4-2-17)31(33)34/h1-8,13,20H,9-12,14-16H2/t20-/m0/s1. The summed E-state index contributed by atoms with van der Waals surface area (Å²) in [6.07, 6.45) is 2.34. The van der Waals surface area contributed by atoms with Crippen molar-refractivity contribution in [3.63, 3.8) is 0 Å². The number of nitrogens with zero attached hydrogens (tertiary/aromatic N) is 7. The zero-order chi connectivity index (χ0) is 24.4. The number of carbonyl (C=O) groups excluding carboxylic acids is 1. The molecule has 0 N–H and O–H groups in total. The molecule has 2 saturated heterocycles. The van der Waals surface area contributed by atoms with E-state index in [1.54, 1.807) is 41.3 Å². The molecule has 3 aromatic rings. The summed E-state index contributed by atoms with van der Waals surface area (Å²) in [7, 11) is 0. The molecule has 35 heavy (non-hydrogen) atoms. The summed E-state index contributed by atoms with van der Waals surface area (Å²) in [6, 6.07) is 11.4. The monoisotopic (exact) mass is 481 g/mol.